The molecule has 5 nitrogen and oxygen atoms in total. The summed E-state index contributed by atoms with van der Waals surface area (Å²) in [6.07, 6.45) is 0. The number of H-pyrrole nitrogens is 1. The van der Waals surface area contributed by atoms with E-state index in [4.69, 9.17) is 11.6 Å². The predicted octanol–water partition coefficient (Wildman–Crippen LogP) is 2.13. The Labute approximate surface area is 111 Å². The number of hydrogen-bond acceptors (Lipinski definition) is 3. The normalized spacial score (nSPS) is 12.2. The molecule has 0 aliphatic carbocycles. The maximum atomic E-state index is 11.8. The lowest BCUT2D eigenvalue weighted by Gasteiger charge is -2.02. The van der Waals surface area contributed by atoms with Gasteiger partial charge in [-0.3, -0.25) is 0 Å². The number of aromatic nitrogens is 2. The fraction of sp³-hybridized carbons (Fsp3) is 0.364. The molecule has 0 atom stereocenters. The van der Waals surface area contributed by atoms with Crippen LogP contribution in [0.5, 0.6) is 0 Å². The highest BCUT2D eigenvalue weighted by molar-refractivity contribution is 7.89. The first-order valence-electron chi connectivity index (χ1n) is 5.52. The van der Waals surface area contributed by atoms with Crippen molar-refractivity contribution in [3.63, 3.8) is 0 Å². The van der Waals surface area contributed by atoms with Crippen molar-refractivity contribution in [2.24, 2.45) is 0 Å². The molecule has 0 saturated carbocycles. The maximum absolute atomic E-state index is 11.8. The predicted molar refractivity (Wildman–Crippen MR) is 71.4 cm³/mol. The summed E-state index contributed by atoms with van der Waals surface area (Å²) in [6, 6.07) is 1.82. The maximum Gasteiger partial charge on any atom is 0.274 e. The molecule has 0 amide bonds. The molecule has 0 bridgehead atoms. The van der Waals surface area contributed by atoms with Gasteiger partial charge >= 0.3 is 0 Å². The third kappa shape index (κ3) is 2.11. The number of hydrogen-bond donors (Lipinski definition) is 2. The van der Waals surface area contributed by atoms with Gasteiger partial charge in [0.15, 0.2) is 0 Å². The van der Waals surface area contributed by atoms with Gasteiger partial charge in [-0.15, -0.1) is 0 Å². The zero-order valence-corrected chi connectivity index (χ0v) is 11.9. The van der Waals surface area contributed by atoms with Crippen LogP contribution in [0.25, 0.3) is 11.0 Å². The van der Waals surface area contributed by atoms with Gasteiger partial charge in [-0.1, -0.05) is 18.5 Å². The largest absolute Gasteiger partial charge is 0.326 e. The van der Waals surface area contributed by atoms with Crippen LogP contribution in [0, 0.1) is 13.8 Å². The minimum absolute atomic E-state index is 0.105. The van der Waals surface area contributed by atoms with Gasteiger partial charge in [0.1, 0.15) is 0 Å². The van der Waals surface area contributed by atoms with Crippen molar-refractivity contribution in [1.82, 2.24) is 14.7 Å². The van der Waals surface area contributed by atoms with Crippen LogP contribution >= 0.6 is 11.6 Å². The fourth-order valence-electron chi connectivity index (χ4n) is 1.70. The lowest BCUT2D eigenvalue weighted by Crippen LogP contribution is -2.24. The minimum Gasteiger partial charge on any atom is -0.326 e. The Morgan fingerprint density at radius 2 is 2.11 bits per heavy atom. The second-order valence-electron chi connectivity index (χ2n) is 4.07. The van der Waals surface area contributed by atoms with E-state index in [0.29, 0.717) is 22.6 Å². The molecule has 98 valence electrons. The van der Waals surface area contributed by atoms with Gasteiger partial charge in [0.2, 0.25) is 5.16 Å². The van der Waals surface area contributed by atoms with Gasteiger partial charge in [0, 0.05) is 6.54 Å². The lowest BCUT2D eigenvalue weighted by atomic mass is 10.1. The third-order valence-corrected chi connectivity index (χ3v) is 4.64. The average molecular weight is 288 g/mol. The molecule has 0 spiro atoms. The molecule has 0 fully saturated rings. The number of aromatic amines is 1. The minimum atomic E-state index is -3.59. The number of imidazole rings is 1. The van der Waals surface area contributed by atoms with Gasteiger partial charge in [0.25, 0.3) is 10.0 Å². The van der Waals surface area contributed by atoms with E-state index in [0.717, 1.165) is 11.1 Å². The van der Waals surface area contributed by atoms with Crippen LogP contribution in [-0.2, 0) is 10.0 Å². The van der Waals surface area contributed by atoms with Gasteiger partial charge in [-0.2, -0.15) is 0 Å². The van der Waals surface area contributed by atoms with Crippen LogP contribution in [0.2, 0.25) is 5.02 Å². The number of rotatable bonds is 3. The average Bonchev–Trinajstić information content (AvgIpc) is 2.70. The second kappa shape index (κ2) is 4.53. The second-order valence-corrected chi connectivity index (χ2v) is 6.13. The standard InChI is InChI=1S/C11H14ClN3O2S/c1-4-13-18(16,17)11-14-8-5-6(2)7(3)9(12)10(8)15-11/h5,13H,4H2,1-3H3,(H,14,15). The number of nitrogens with one attached hydrogen (secondary N) is 2. The summed E-state index contributed by atoms with van der Waals surface area (Å²) in [5.74, 6) is 0. The molecule has 1 heterocycles. The summed E-state index contributed by atoms with van der Waals surface area (Å²) in [6.45, 7) is 5.82. The Balaban J connectivity index is 2.69. The number of aryl methyl sites for hydroxylation is 1. The molecule has 0 aliphatic rings. The van der Waals surface area contributed by atoms with Crippen molar-refractivity contribution in [2.75, 3.05) is 6.54 Å². The molecule has 2 aromatic rings. The Bertz CT molecular complexity index is 707. The van der Waals surface area contributed by atoms with Gasteiger partial charge < -0.3 is 4.98 Å². The lowest BCUT2D eigenvalue weighted by molar-refractivity contribution is 0.577. The van der Waals surface area contributed by atoms with E-state index >= 15 is 0 Å². The molecule has 0 unspecified atom stereocenters. The summed E-state index contributed by atoms with van der Waals surface area (Å²) in [5, 5.41) is 0.404. The first-order chi connectivity index (χ1) is 8.36. The van der Waals surface area contributed by atoms with Gasteiger partial charge in [0.05, 0.1) is 16.1 Å². The molecule has 1 aromatic heterocycles. The van der Waals surface area contributed by atoms with Crippen molar-refractivity contribution < 1.29 is 8.42 Å². The molecule has 0 radical (unpaired) electrons. The number of fused-ring (bicyclic) bond motifs is 1. The van der Waals surface area contributed by atoms with Gasteiger partial charge in [-0.25, -0.2) is 18.1 Å². The van der Waals surface area contributed by atoms with Crippen LogP contribution in [0.1, 0.15) is 18.1 Å². The molecule has 1 aromatic carbocycles. The quantitative estimate of drug-likeness (QED) is 0.908. The third-order valence-electron chi connectivity index (χ3n) is 2.79. The SMILES string of the molecule is CCNS(=O)(=O)c1nc2cc(C)c(C)c(Cl)c2[nH]1. The van der Waals surface area contributed by atoms with E-state index in [9.17, 15) is 8.42 Å². The molecule has 7 heteroatoms. The molecule has 0 aliphatic heterocycles. The van der Waals surface area contributed by atoms with E-state index in [1.165, 1.54) is 0 Å². The highest BCUT2D eigenvalue weighted by atomic mass is 35.5. The Morgan fingerprint density at radius 3 is 2.72 bits per heavy atom. The smallest absolute Gasteiger partial charge is 0.274 e. The first-order valence-corrected chi connectivity index (χ1v) is 7.38. The van der Waals surface area contributed by atoms with Gasteiger partial charge in [-0.05, 0) is 31.0 Å². The number of sulfonamides is 1. The summed E-state index contributed by atoms with van der Waals surface area (Å²) >= 11 is 6.19. The number of nitrogens with zero attached hydrogens (tertiary/aromatic N) is 1. The molecule has 2 rings (SSSR count). The Morgan fingerprint density at radius 1 is 1.44 bits per heavy atom. The van der Waals surface area contributed by atoms with E-state index in [-0.39, 0.29) is 5.16 Å². The molecule has 2 N–H and O–H groups in total. The zero-order chi connectivity index (χ0) is 13.5. The molecule has 0 saturated heterocycles. The topological polar surface area (TPSA) is 74.8 Å². The number of halogens is 1. The summed E-state index contributed by atoms with van der Waals surface area (Å²) in [7, 11) is -3.59. The van der Waals surface area contributed by atoms with Crippen molar-refractivity contribution in [3.05, 3.63) is 22.2 Å². The van der Waals surface area contributed by atoms with Crippen molar-refractivity contribution in [2.45, 2.75) is 25.9 Å². The highest BCUT2D eigenvalue weighted by Crippen LogP contribution is 2.28. The zero-order valence-electron chi connectivity index (χ0n) is 10.3. The summed E-state index contributed by atoms with van der Waals surface area (Å²) < 4.78 is 26.1. The van der Waals surface area contributed by atoms with E-state index < -0.39 is 10.0 Å². The van der Waals surface area contributed by atoms with Crippen LogP contribution in [0.15, 0.2) is 11.2 Å². The van der Waals surface area contributed by atoms with Crippen LogP contribution < -0.4 is 4.72 Å². The van der Waals surface area contributed by atoms with Crippen LogP contribution in [0.4, 0.5) is 0 Å². The molecular weight excluding hydrogens is 274 g/mol. The van der Waals surface area contributed by atoms with E-state index in [1.807, 2.05) is 19.9 Å². The summed E-state index contributed by atoms with van der Waals surface area (Å²) in [4.78, 5) is 6.84. The van der Waals surface area contributed by atoms with Crippen LogP contribution in [0.3, 0.4) is 0 Å². The summed E-state index contributed by atoms with van der Waals surface area (Å²) in [5.41, 5.74) is 3.00. The van der Waals surface area contributed by atoms with E-state index in [2.05, 4.69) is 14.7 Å². The highest BCUT2D eigenvalue weighted by Gasteiger charge is 2.19. The van der Waals surface area contributed by atoms with Crippen LogP contribution in [-0.4, -0.2) is 24.9 Å². The van der Waals surface area contributed by atoms with E-state index in [1.54, 1.807) is 6.92 Å². The number of benzene rings is 1. The first kappa shape index (κ1) is 13.3. The van der Waals surface area contributed by atoms with Crippen molar-refractivity contribution in [3.8, 4) is 0 Å². The van der Waals surface area contributed by atoms with Crippen molar-refractivity contribution in [1.29, 1.82) is 0 Å². The molecule has 18 heavy (non-hydrogen) atoms. The monoisotopic (exact) mass is 287 g/mol. The fourth-order valence-corrected chi connectivity index (χ4v) is 2.96. The Kier molecular flexibility index (Phi) is 3.35. The Hall–Kier alpha value is -1.11. The molecular formula is C11H14ClN3O2S. The van der Waals surface area contributed by atoms with Crippen molar-refractivity contribution >= 4 is 32.7 Å².